The first-order valence-electron chi connectivity index (χ1n) is 4.56. The SMILES string of the molecule is CCOC(=O)CO[Si](C)(OC)OCC. The van der Waals surface area contributed by atoms with Gasteiger partial charge in [-0.15, -0.1) is 0 Å². The van der Waals surface area contributed by atoms with E-state index in [4.69, 9.17) is 18.0 Å². The van der Waals surface area contributed by atoms with Crippen LogP contribution in [0.5, 0.6) is 0 Å². The second-order valence-corrected chi connectivity index (χ2v) is 5.30. The summed E-state index contributed by atoms with van der Waals surface area (Å²) in [6.07, 6.45) is 0. The van der Waals surface area contributed by atoms with Crippen LogP contribution in [0, 0.1) is 0 Å². The first kappa shape index (κ1) is 13.6. The first-order chi connectivity index (χ1) is 6.58. The molecule has 0 N–H and O–H groups in total. The molecule has 1 unspecified atom stereocenters. The maximum atomic E-state index is 11.0. The molecule has 0 aliphatic carbocycles. The Bertz CT molecular complexity index is 175. The van der Waals surface area contributed by atoms with E-state index in [-0.39, 0.29) is 6.61 Å². The second-order valence-electron chi connectivity index (χ2n) is 2.59. The molecule has 0 aliphatic rings. The molecule has 0 aliphatic heterocycles. The lowest BCUT2D eigenvalue weighted by Gasteiger charge is -2.22. The van der Waals surface area contributed by atoms with Crippen molar-refractivity contribution in [3.63, 3.8) is 0 Å². The van der Waals surface area contributed by atoms with Gasteiger partial charge in [0.2, 0.25) is 0 Å². The molecule has 0 radical (unpaired) electrons. The number of rotatable bonds is 7. The Balaban J connectivity index is 3.87. The van der Waals surface area contributed by atoms with Gasteiger partial charge in [-0.1, -0.05) is 0 Å². The van der Waals surface area contributed by atoms with E-state index in [1.165, 1.54) is 7.11 Å². The van der Waals surface area contributed by atoms with Gasteiger partial charge in [0.1, 0.15) is 6.61 Å². The largest absolute Gasteiger partial charge is 0.497 e. The van der Waals surface area contributed by atoms with Crippen molar-refractivity contribution in [1.82, 2.24) is 0 Å². The zero-order valence-electron chi connectivity index (χ0n) is 9.16. The average Bonchev–Trinajstić information content (AvgIpc) is 2.16. The molecule has 0 aromatic heterocycles. The highest BCUT2D eigenvalue weighted by molar-refractivity contribution is 6.59. The molecule has 0 saturated heterocycles. The van der Waals surface area contributed by atoms with Gasteiger partial charge in [0.15, 0.2) is 0 Å². The van der Waals surface area contributed by atoms with E-state index in [0.29, 0.717) is 13.2 Å². The second kappa shape index (κ2) is 6.94. The third kappa shape index (κ3) is 5.33. The molecular weight excluding hydrogens is 204 g/mol. The van der Waals surface area contributed by atoms with Crippen molar-refractivity contribution in [3.05, 3.63) is 0 Å². The third-order valence-electron chi connectivity index (χ3n) is 1.53. The Labute approximate surface area is 85.7 Å². The number of carbonyl (C=O) groups excluding carboxylic acids is 1. The number of carbonyl (C=O) groups is 1. The first-order valence-corrected chi connectivity index (χ1v) is 6.79. The van der Waals surface area contributed by atoms with Crippen LogP contribution in [0.1, 0.15) is 13.8 Å². The predicted molar refractivity (Wildman–Crippen MR) is 52.8 cm³/mol. The summed E-state index contributed by atoms with van der Waals surface area (Å²) < 4.78 is 20.3. The molecule has 0 rings (SSSR count). The summed E-state index contributed by atoms with van der Waals surface area (Å²) in [5.41, 5.74) is 0. The average molecular weight is 222 g/mol. The molecule has 14 heavy (non-hydrogen) atoms. The smallest absolute Gasteiger partial charge is 0.464 e. The molecule has 0 bridgehead atoms. The molecule has 6 heteroatoms. The molecular formula is C8H18O5Si. The Morgan fingerprint density at radius 3 is 2.29 bits per heavy atom. The summed E-state index contributed by atoms with van der Waals surface area (Å²) in [6.45, 7) is 6.05. The fraction of sp³-hybridized carbons (Fsp3) is 0.875. The minimum Gasteiger partial charge on any atom is -0.464 e. The van der Waals surface area contributed by atoms with Gasteiger partial charge in [-0.25, -0.2) is 4.79 Å². The van der Waals surface area contributed by atoms with Crippen molar-refractivity contribution in [3.8, 4) is 0 Å². The van der Waals surface area contributed by atoms with Crippen molar-refractivity contribution in [1.29, 1.82) is 0 Å². The third-order valence-corrected chi connectivity index (χ3v) is 3.76. The summed E-state index contributed by atoms with van der Waals surface area (Å²) in [5.74, 6) is -0.400. The van der Waals surface area contributed by atoms with Crippen LogP contribution in [-0.4, -0.2) is 41.7 Å². The molecule has 0 spiro atoms. The van der Waals surface area contributed by atoms with Gasteiger partial charge in [0, 0.05) is 20.3 Å². The Morgan fingerprint density at radius 1 is 1.21 bits per heavy atom. The zero-order valence-corrected chi connectivity index (χ0v) is 10.2. The number of hydrogen-bond acceptors (Lipinski definition) is 5. The number of hydrogen-bond donors (Lipinski definition) is 0. The van der Waals surface area contributed by atoms with Gasteiger partial charge >= 0.3 is 14.8 Å². The highest BCUT2D eigenvalue weighted by Crippen LogP contribution is 2.07. The van der Waals surface area contributed by atoms with Crippen molar-refractivity contribution < 1.29 is 22.8 Å². The summed E-state index contributed by atoms with van der Waals surface area (Å²) in [6, 6.07) is 0. The van der Waals surface area contributed by atoms with E-state index in [1.807, 2.05) is 6.92 Å². The van der Waals surface area contributed by atoms with Crippen LogP contribution in [0.15, 0.2) is 0 Å². The van der Waals surface area contributed by atoms with E-state index in [9.17, 15) is 4.79 Å². The lowest BCUT2D eigenvalue weighted by atomic mass is 10.7. The molecule has 84 valence electrons. The summed E-state index contributed by atoms with van der Waals surface area (Å²) in [4.78, 5) is 11.0. The summed E-state index contributed by atoms with van der Waals surface area (Å²) in [5, 5.41) is 0. The van der Waals surface area contributed by atoms with E-state index >= 15 is 0 Å². The van der Waals surface area contributed by atoms with E-state index < -0.39 is 14.8 Å². The topological polar surface area (TPSA) is 54.0 Å². The van der Waals surface area contributed by atoms with E-state index in [2.05, 4.69) is 0 Å². The summed E-state index contributed by atoms with van der Waals surface area (Å²) >= 11 is 0. The molecule has 0 fully saturated rings. The van der Waals surface area contributed by atoms with Crippen molar-refractivity contribution in [2.45, 2.75) is 20.4 Å². The van der Waals surface area contributed by atoms with Crippen LogP contribution in [0.2, 0.25) is 6.55 Å². The van der Waals surface area contributed by atoms with Gasteiger partial charge < -0.3 is 18.0 Å². The van der Waals surface area contributed by atoms with Crippen molar-refractivity contribution in [2.24, 2.45) is 0 Å². The molecule has 0 amide bonds. The minimum atomic E-state index is -2.62. The van der Waals surface area contributed by atoms with Crippen molar-refractivity contribution in [2.75, 3.05) is 26.9 Å². The monoisotopic (exact) mass is 222 g/mol. The van der Waals surface area contributed by atoms with Crippen molar-refractivity contribution >= 4 is 14.8 Å². The lowest BCUT2D eigenvalue weighted by molar-refractivity contribution is -0.146. The Hall–Kier alpha value is -0.433. The zero-order chi connectivity index (χ0) is 11.0. The van der Waals surface area contributed by atoms with Crippen LogP contribution < -0.4 is 0 Å². The van der Waals surface area contributed by atoms with Crippen LogP contribution in [0.3, 0.4) is 0 Å². The molecule has 5 nitrogen and oxygen atoms in total. The Kier molecular flexibility index (Phi) is 6.72. The number of esters is 1. The maximum Gasteiger partial charge on any atom is 0.497 e. The van der Waals surface area contributed by atoms with Gasteiger partial charge in [-0.3, -0.25) is 0 Å². The molecule has 0 aromatic carbocycles. The van der Waals surface area contributed by atoms with Crippen LogP contribution in [0.4, 0.5) is 0 Å². The quantitative estimate of drug-likeness (QED) is 0.471. The van der Waals surface area contributed by atoms with Gasteiger partial charge in [0.25, 0.3) is 0 Å². The van der Waals surface area contributed by atoms with E-state index in [0.717, 1.165) is 0 Å². The maximum absolute atomic E-state index is 11.0. The number of ether oxygens (including phenoxy) is 1. The van der Waals surface area contributed by atoms with Crippen LogP contribution in [0.25, 0.3) is 0 Å². The van der Waals surface area contributed by atoms with Gasteiger partial charge in [-0.05, 0) is 13.8 Å². The van der Waals surface area contributed by atoms with Crippen LogP contribution >= 0.6 is 0 Å². The van der Waals surface area contributed by atoms with Gasteiger partial charge in [-0.2, -0.15) is 0 Å². The molecule has 0 heterocycles. The fourth-order valence-corrected chi connectivity index (χ4v) is 2.04. The van der Waals surface area contributed by atoms with E-state index in [1.54, 1.807) is 13.5 Å². The minimum absolute atomic E-state index is 0.121. The predicted octanol–water partition coefficient (Wildman–Crippen LogP) is 0.818. The lowest BCUT2D eigenvalue weighted by Crippen LogP contribution is -2.43. The molecule has 1 atom stereocenters. The normalized spacial score (nSPS) is 14.9. The standard InChI is InChI=1S/C8H18O5Si/c1-5-11-8(9)7-13-14(4,10-3)12-6-2/h5-7H2,1-4H3. The summed E-state index contributed by atoms with van der Waals surface area (Å²) in [7, 11) is -1.11. The van der Waals surface area contributed by atoms with Gasteiger partial charge in [0.05, 0.1) is 6.61 Å². The highest BCUT2D eigenvalue weighted by atomic mass is 28.4. The Morgan fingerprint density at radius 2 is 1.86 bits per heavy atom. The fourth-order valence-electron chi connectivity index (χ4n) is 0.814. The molecule has 0 aromatic rings. The van der Waals surface area contributed by atoms with Crippen LogP contribution in [-0.2, 0) is 22.8 Å². The molecule has 0 saturated carbocycles. The highest BCUT2D eigenvalue weighted by Gasteiger charge is 2.33.